The summed E-state index contributed by atoms with van der Waals surface area (Å²) in [6.07, 6.45) is 7.17. The van der Waals surface area contributed by atoms with Crippen LogP contribution in [-0.4, -0.2) is 42.0 Å². The molecule has 2 heterocycles. The highest BCUT2D eigenvalue weighted by Crippen LogP contribution is 2.21. The summed E-state index contributed by atoms with van der Waals surface area (Å²) in [4.78, 5) is 18.4. The maximum atomic E-state index is 12.2. The van der Waals surface area contributed by atoms with Gasteiger partial charge in [-0.25, -0.2) is 0 Å². The monoisotopic (exact) mass is 353 g/mol. The molecule has 1 aromatic carbocycles. The van der Waals surface area contributed by atoms with Crippen LogP contribution in [-0.2, 0) is 17.8 Å². The Balaban J connectivity index is 1.41. The van der Waals surface area contributed by atoms with E-state index < -0.39 is 0 Å². The van der Waals surface area contributed by atoms with E-state index in [2.05, 4.69) is 33.4 Å². The Morgan fingerprint density at radius 2 is 2.08 bits per heavy atom. The average Bonchev–Trinajstić information content (AvgIpc) is 3.04. The molecule has 1 aromatic heterocycles. The summed E-state index contributed by atoms with van der Waals surface area (Å²) in [5.74, 6) is 1.16. The number of rotatable bonds is 9. The molecule has 2 aromatic rings. The number of pyridine rings is 1. The van der Waals surface area contributed by atoms with Crippen molar-refractivity contribution in [1.29, 1.82) is 0 Å². The molecule has 1 amide bonds. The van der Waals surface area contributed by atoms with Crippen molar-refractivity contribution in [3.05, 3.63) is 59.9 Å². The van der Waals surface area contributed by atoms with E-state index in [4.69, 9.17) is 4.74 Å². The smallest absolute Gasteiger partial charge is 0.222 e. The fourth-order valence-electron chi connectivity index (χ4n) is 3.44. The molecule has 0 spiro atoms. The third-order valence-electron chi connectivity index (χ3n) is 4.96. The average molecular weight is 353 g/mol. The Labute approximate surface area is 155 Å². The number of hydrogen-bond donors (Lipinski definition) is 1. The van der Waals surface area contributed by atoms with Gasteiger partial charge in [0.1, 0.15) is 5.75 Å². The van der Waals surface area contributed by atoms with E-state index in [0.29, 0.717) is 12.5 Å². The molecule has 5 heteroatoms. The molecule has 0 radical (unpaired) electrons. The predicted octanol–water partition coefficient (Wildman–Crippen LogP) is 2.80. The minimum atomic E-state index is 0.286. The molecule has 0 bridgehead atoms. The van der Waals surface area contributed by atoms with Crippen LogP contribution >= 0.6 is 0 Å². The van der Waals surface area contributed by atoms with Gasteiger partial charge in [-0.15, -0.1) is 0 Å². The minimum Gasteiger partial charge on any atom is -0.497 e. The Morgan fingerprint density at radius 1 is 1.23 bits per heavy atom. The number of hydrogen-bond acceptors (Lipinski definition) is 4. The lowest BCUT2D eigenvalue weighted by molar-refractivity contribution is -0.129. The van der Waals surface area contributed by atoms with E-state index in [1.165, 1.54) is 11.1 Å². The topological polar surface area (TPSA) is 54.5 Å². The summed E-state index contributed by atoms with van der Waals surface area (Å²) < 4.78 is 5.18. The molecular weight excluding hydrogens is 326 g/mol. The van der Waals surface area contributed by atoms with Crippen LogP contribution in [0.4, 0.5) is 0 Å². The van der Waals surface area contributed by atoms with E-state index in [1.807, 2.05) is 24.4 Å². The van der Waals surface area contributed by atoms with Crippen LogP contribution in [0.15, 0.2) is 48.8 Å². The standard InChI is InChI=1S/C21H27N3O2/c1-26-20-7-4-18(5-8-20)16-23-13-10-19-6-9-21(25)24(19)14-11-17-3-2-12-22-15-17/h2-5,7-8,12,15,19,23H,6,9-11,13-14,16H2,1H3/t19-/m1/s1. The number of carbonyl (C=O) groups is 1. The van der Waals surface area contributed by atoms with Gasteiger partial charge in [0.15, 0.2) is 0 Å². The highest BCUT2D eigenvalue weighted by molar-refractivity contribution is 5.78. The number of benzene rings is 1. The summed E-state index contributed by atoms with van der Waals surface area (Å²) in [6, 6.07) is 12.5. The van der Waals surface area contributed by atoms with Gasteiger partial charge in [0.25, 0.3) is 0 Å². The summed E-state index contributed by atoms with van der Waals surface area (Å²) in [7, 11) is 1.68. The van der Waals surface area contributed by atoms with Crippen molar-refractivity contribution < 1.29 is 9.53 Å². The fraction of sp³-hybridized carbons (Fsp3) is 0.429. The van der Waals surface area contributed by atoms with Crippen LogP contribution in [0.25, 0.3) is 0 Å². The molecule has 0 saturated carbocycles. The third-order valence-corrected chi connectivity index (χ3v) is 4.96. The maximum Gasteiger partial charge on any atom is 0.222 e. The van der Waals surface area contributed by atoms with Crippen LogP contribution in [0.5, 0.6) is 5.75 Å². The number of aromatic nitrogens is 1. The zero-order valence-electron chi connectivity index (χ0n) is 15.4. The Hall–Kier alpha value is -2.40. The lowest BCUT2D eigenvalue weighted by Gasteiger charge is -2.25. The molecule has 0 aliphatic carbocycles. The first kappa shape index (κ1) is 18.4. The molecule has 1 fully saturated rings. The molecule has 1 aliphatic heterocycles. The molecule has 3 rings (SSSR count). The van der Waals surface area contributed by atoms with Gasteiger partial charge in [-0.3, -0.25) is 9.78 Å². The molecule has 1 saturated heterocycles. The van der Waals surface area contributed by atoms with Crippen molar-refractivity contribution in [2.45, 2.75) is 38.3 Å². The molecular formula is C21H27N3O2. The van der Waals surface area contributed by atoms with Crippen molar-refractivity contribution >= 4 is 5.91 Å². The maximum absolute atomic E-state index is 12.2. The first-order valence-corrected chi connectivity index (χ1v) is 9.28. The van der Waals surface area contributed by atoms with Gasteiger partial charge in [-0.05, 0) is 55.1 Å². The quantitative estimate of drug-likeness (QED) is 0.705. The molecule has 138 valence electrons. The van der Waals surface area contributed by atoms with Crippen LogP contribution in [0.1, 0.15) is 30.4 Å². The van der Waals surface area contributed by atoms with Gasteiger partial charge in [0.05, 0.1) is 7.11 Å². The molecule has 1 N–H and O–H groups in total. The van der Waals surface area contributed by atoms with Crippen LogP contribution in [0.3, 0.4) is 0 Å². The van der Waals surface area contributed by atoms with E-state index >= 15 is 0 Å². The summed E-state index contributed by atoms with van der Waals surface area (Å²) >= 11 is 0. The van der Waals surface area contributed by atoms with Crippen LogP contribution < -0.4 is 10.1 Å². The lowest BCUT2D eigenvalue weighted by Crippen LogP contribution is -2.36. The van der Waals surface area contributed by atoms with Gasteiger partial charge < -0.3 is 15.0 Å². The van der Waals surface area contributed by atoms with Gasteiger partial charge in [-0.2, -0.15) is 0 Å². The van der Waals surface area contributed by atoms with Crippen LogP contribution in [0, 0.1) is 0 Å². The lowest BCUT2D eigenvalue weighted by atomic mass is 10.1. The molecule has 1 atom stereocenters. The van der Waals surface area contributed by atoms with E-state index in [-0.39, 0.29) is 5.91 Å². The van der Waals surface area contributed by atoms with Gasteiger partial charge in [0.2, 0.25) is 5.91 Å². The number of ether oxygens (including phenoxy) is 1. The SMILES string of the molecule is COc1ccc(CNCC[C@H]2CCC(=O)N2CCc2cccnc2)cc1. The van der Waals surface area contributed by atoms with Gasteiger partial charge in [0, 0.05) is 37.9 Å². The van der Waals surface area contributed by atoms with Crippen molar-refractivity contribution in [2.24, 2.45) is 0 Å². The number of carbonyl (C=O) groups excluding carboxylic acids is 1. The zero-order chi connectivity index (χ0) is 18.2. The summed E-state index contributed by atoms with van der Waals surface area (Å²) in [5.41, 5.74) is 2.42. The van der Waals surface area contributed by atoms with Crippen molar-refractivity contribution in [3.8, 4) is 5.75 Å². The van der Waals surface area contributed by atoms with Gasteiger partial charge in [-0.1, -0.05) is 18.2 Å². The number of methoxy groups -OCH3 is 1. The molecule has 5 nitrogen and oxygen atoms in total. The Bertz CT molecular complexity index is 688. The van der Waals surface area contributed by atoms with E-state index in [1.54, 1.807) is 13.3 Å². The highest BCUT2D eigenvalue weighted by atomic mass is 16.5. The number of likely N-dealkylation sites (tertiary alicyclic amines) is 1. The second-order valence-electron chi connectivity index (χ2n) is 6.70. The van der Waals surface area contributed by atoms with Gasteiger partial charge >= 0.3 is 0 Å². The summed E-state index contributed by atoms with van der Waals surface area (Å²) in [5, 5.41) is 3.49. The Kier molecular flexibility index (Phi) is 6.61. The first-order valence-electron chi connectivity index (χ1n) is 9.28. The fourth-order valence-corrected chi connectivity index (χ4v) is 3.44. The minimum absolute atomic E-state index is 0.286. The van der Waals surface area contributed by atoms with Crippen molar-refractivity contribution in [2.75, 3.05) is 20.2 Å². The third kappa shape index (κ3) is 5.05. The van der Waals surface area contributed by atoms with Crippen molar-refractivity contribution in [1.82, 2.24) is 15.2 Å². The number of amides is 1. The largest absolute Gasteiger partial charge is 0.497 e. The van der Waals surface area contributed by atoms with Crippen LogP contribution in [0.2, 0.25) is 0 Å². The molecule has 1 aliphatic rings. The first-order chi connectivity index (χ1) is 12.8. The van der Waals surface area contributed by atoms with E-state index in [0.717, 1.165) is 44.6 Å². The zero-order valence-corrected chi connectivity index (χ0v) is 15.4. The van der Waals surface area contributed by atoms with E-state index in [9.17, 15) is 4.79 Å². The highest BCUT2D eigenvalue weighted by Gasteiger charge is 2.29. The number of nitrogens with zero attached hydrogens (tertiary/aromatic N) is 2. The van der Waals surface area contributed by atoms with Crippen molar-refractivity contribution in [3.63, 3.8) is 0 Å². The second kappa shape index (κ2) is 9.34. The normalized spacial score (nSPS) is 16.9. The Morgan fingerprint density at radius 3 is 2.81 bits per heavy atom. The second-order valence-corrected chi connectivity index (χ2v) is 6.70. The molecule has 0 unspecified atom stereocenters. The predicted molar refractivity (Wildman–Crippen MR) is 102 cm³/mol. The number of nitrogens with one attached hydrogen (secondary N) is 1. The summed E-state index contributed by atoms with van der Waals surface area (Å²) in [6.45, 7) is 2.53. The molecule has 26 heavy (non-hydrogen) atoms.